The highest BCUT2D eigenvalue weighted by atomic mass is 16.4. The molecule has 0 spiro atoms. The molecule has 0 aromatic rings. The molecule has 1 saturated carbocycles. The van der Waals surface area contributed by atoms with Gasteiger partial charge in [0.05, 0.1) is 5.92 Å². The molecule has 21 heavy (non-hydrogen) atoms. The predicted octanol–water partition coefficient (Wildman–Crippen LogP) is 1.77. The van der Waals surface area contributed by atoms with Crippen LogP contribution in [0.2, 0.25) is 0 Å². The molecule has 1 heterocycles. The van der Waals surface area contributed by atoms with Crippen molar-refractivity contribution in [2.24, 2.45) is 17.8 Å². The molecule has 1 saturated heterocycles. The lowest BCUT2D eigenvalue weighted by atomic mass is 9.79. The summed E-state index contributed by atoms with van der Waals surface area (Å²) in [5.41, 5.74) is 0. The third-order valence-corrected chi connectivity index (χ3v) is 5.03. The van der Waals surface area contributed by atoms with Crippen LogP contribution in [0.4, 0.5) is 0 Å². The monoisotopic (exact) mass is 296 g/mol. The molecular weight excluding hydrogens is 268 g/mol. The third-order valence-electron chi connectivity index (χ3n) is 5.03. The largest absolute Gasteiger partial charge is 0.481 e. The number of carbonyl (C=O) groups is 2. The summed E-state index contributed by atoms with van der Waals surface area (Å²) >= 11 is 0. The van der Waals surface area contributed by atoms with Crippen LogP contribution in [0.15, 0.2) is 0 Å². The van der Waals surface area contributed by atoms with E-state index < -0.39 is 5.97 Å². The SMILES string of the molecule is O=C(CCC1CCNCC1)NCC1CCCCC1C(=O)O. The van der Waals surface area contributed by atoms with Gasteiger partial charge in [0.25, 0.3) is 0 Å². The molecule has 5 nitrogen and oxygen atoms in total. The molecule has 0 bridgehead atoms. The molecule has 2 fully saturated rings. The minimum absolute atomic E-state index is 0.0863. The molecule has 5 heteroatoms. The van der Waals surface area contributed by atoms with Crippen molar-refractivity contribution in [2.45, 2.75) is 51.4 Å². The first-order valence-corrected chi connectivity index (χ1v) is 8.37. The molecule has 3 N–H and O–H groups in total. The van der Waals surface area contributed by atoms with Crippen molar-refractivity contribution in [2.75, 3.05) is 19.6 Å². The summed E-state index contributed by atoms with van der Waals surface area (Å²) in [5, 5.41) is 15.5. The van der Waals surface area contributed by atoms with Gasteiger partial charge in [-0.05, 0) is 57.0 Å². The number of aliphatic carboxylic acids is 1. The lowest BCUT2D eigenvalue weighted by Crippen LogP contribution is -2.37. The van der Waals surface area contributed by atoms with Crippen LogP contribution in [0, 0.1) is 17.8 Å². The van der Waals surface area contributed by atoms with E-state index in [1.165, 1.54) is 0 Å². The van der Waals surface area contributed by atoms with Gasteiger partial charge in [-0.3, -0.25) is 9.59 Å². The van der Waals surface area contributed by atoms with Crippen LogP contribution >= 0.6 is 0 Å². The smallest absolute Gasteiger partial charge is 0.306 e. The minimum atomic E-state index is -0.705. The van der Waals surface area contributed by atoms with Crippen molar-refractivity contribution in [3.63, 3.8) is 0 Å². The maximum Gasteiger partial charge on any atom is 0.306 e. The summed E-state index contributed by atoms with van der Waals surface area (Å²) in [6.07, 6.45) is 7.62. The Morgan fingerprint density at radius 3 is 2.52 bits per heavy atom. The Hall–Kier alpha value is -1.10. The van der Waals surface area contributed by atoms with E-state index in [0.29, 0.717) is 18.9 Å². The van der Waals surface area contributed by atoms with Crippen LogP contribution in [0.5, 0.6) is 0 Å². The summed E-state index contributed by atoms with van der Waals surface area (Å²) in [4.78, 5) is 23.2. The summed E-state index contributed by atoms with van der Waals surface area (Å²) in [5.74, 6) is -0.118. The number of carboxylic acid groups (broad SMARTS) is 1. The predicted molar refractivity (Wildman–Crippen MR) is 80.9 cm³/mol. The van der Waals surface area contributed by atoms with E-state index in [-0.39, 0.29) is 17.7 Å². The lowest BCUT2D eigenvalue weighted by Gasteiger charge is -2.28. The number of nitrogens with one attached hydrogen (secondary N) is 2. The van der Waals surface area contributed by atoms with E-state index in [1.54, 1.807) is 0 Å². The molecule has 120 valence electrons. The van der Waals surface area contributed by atoms with Gasteiger partial charge < -0.3 is 15.7 Å². The fourth-order valence-corrected chi connectivity index (χ4v) is 3.62. The molecular formula is C16H28N2O3. The van der Waals surface area contributed by atoms with Crippen molar-refractivity contribution in [3.05, 3.63) is 0 Å². The molecule has 0 aromatic heterocycles. The van der Waals surface area contributed by atoms with Crippen molar-refractivity contribution in [1.82, 2.24) is 10.6 Å². The molecule has 2 atom stereocenters. The van der Waals surface area contributed by atoms with Crippen LogP contribution < -0.4 is 10.6 Å². The Labute approximate surface area is 126 Å². The van der Waals surface area contributed by atoms with Crippen molar-refractivity contribution in [3.8, 4) is 0 Å². The zero-order chi connectivity index (χ0) is 15.1. The van der Waals surface area contributed by atoms with Crippen LogP contribution in [-0.2, 0) is 9.59 Å². The number of carboxylic acids is 1. The number of amides is 1. The zero-order valence-corrected chi connectivity index (χ0v) is 12.8. The third kappa shape index (κ3) is 5.30. The van der Waals surface area contributed by atoms with E-state index in [9.17, 15) is 14.7 Å². The summed E-state index contributed by atoms with van der Waals surface area (Å²) in [7, 11) is 0. The van der Waals surface area contributed by atoms with Crippen LogP contribution in [0.3, 0.4) is 0 Å². The average Bonchev–Trinajstić information content (AvgIpc) is 2.52. The fourth-order valence-electron chi connectivity index (χ4n) is 3.62. The van der Waals surface area contributed by atoms with Crippen LogP contribution in [0.1, 0.15) is 51.4 Å². The molecule has 0 radical (unpaired) electrons. The highest BCUT2D eigenvalue weighted by molar-refractivity contribution is 5.76. The lowest BCUT2D eigenvalue weighted by molar-refractivity contribution is -0.145. The van der Waals surface area contributed by atoms with E-state index in [0.717, 1.165) is 58.0 Å². The van der Waals surface area contributed by atoms with Gasteiger partial charge in [-0.25, -0.2) is 0 Å². The number of rotatable bonds is 6. The highest BCUT2D eigenvalue weighted by Crippen LogP contribution is 2.29. The molecule has 1 amide bonds. The topological polar surface area (TPSA) is 78.4 Å². The number of hydrogen-bond donors (Lipinski definition) is 3. The summed E-state index contributed by atoms with van der Waals surface area (Å²) < 4.78 is 0. The maximum atomic E-state index is 11.9. The first-order valence-electron chi connectivity index (χ1n) is 8.37. The van der Waals surface area contributed by atoms with Gasteiger partial charge in [0, 0.05) is 13.0 Å². The number of hydrogen-bond acceptors (Lipinski definition) is 3. The molecule has 2 aliphatic rings. The second-order valence-electron chi connectivity index (χ2n) is 6.53. The van der Waals surface area contributed by atoms with E-state index >= 15 is 0 Å². The molecule has 2 unspecified atom stereocenters. The minimum Gasteiger partial charge on any atom is -0.481 e. The Morgan fingerprint density at radius 2 is 1.81 bits per heavy atom. The van der Waals surface area contributed by atoms with E-state index in [1.807, 2.05) is 0 Å². The highest BCUT2D eigenvalue weighted by Gasteiger charge is 2.30. The van der Waals surface area contributed by atoms with Gasteiger partial charge in [0.15, 0.2) is 0 Å². The van der Waals surface area contributed by atoms with Gasteiger partial charge in [0.2, 0.25) is 5.91 Å². The quantitative estimate of drug-likeness (QED) is 0.698. The second-order valence-corrected chi connectivity index (χ2v) is 6.53. The van der Waals surface area contributed by atoms with Gasteiger partial charge in [-0.15, -0.1) is 0 Å². The second kappa shape index (κ2) is 8.37. The Morgan fingerprint density at radius 1 is 1.10 bits per heavy atom. The number of piperidine rings is 1. The van der Waals surface area contributed by atoms with E-state index in [4.69, 9.17) is 0 Å². The summed E-state index contributed by atoms with van der Waals surface area (Å²) in [6.45, 7) is 2.66. The summed E-state index contributed by atoms with van der Waals surface area (Å²) in [6, 6.07) is 0. The van der Waals surface area contributed by atoms with Crippen molar-refractivity contribution >= 4 is 11.9 Å². The van der Waals surface area contributed by atoms with Crippen molar-refractivity contribution < 1.29 is 14.7 Å². The van der Waals surface area contributed by atoms with Crippen LogP contribution in [0.25, 0.3) is 0 Å². The molecule has 2 rings (SSSR count). The molecule has 1 aliphatic carbocycles. The van der Waals surface area contributed by atoms with Gasteiger partial charge in [-0.1, -0.05) is 12.8 Å². The molecule has 1 aliphatic heterocycles. The van der Waals surface area contributed by atoms with Gasteiger partial charge >= 0.3 is 5.97 Å². The van der Waals surface area contributed by atoms with Crippen LogP contribution in [-0.4, -0.2) is 36.6 Å². The fraction of sp³-hybridized carbons (Fsp3) is 0.875. The Kier molecular flexibility index (Phi) is 6.49. The average molecular weight is 296 g/mol. The standard InChI is InChI=1S/C16H28N2O3/c19-15(6-5-12-7-9-17-10-8-12)18-11-13-3-1-2-4-14(13)16(20)21/h12-14,17H,1-11H2,(H,18,19)(H,20,21). The molecule has 0 aromatic carbocycles. The first kappa shape index (κ1) is 16.3. The first-order chi connectivity index (χ1) is 10.2. The van der Waals surface area contributed by atoms with E-state index in [2.05, 4.69) is 10.6 Å². The van der Waals surface area contributed by atoms with Gasteiger partial charge in [0.1, 0.15) is 0 Å². The maximum absolute atomic E-state index is 11.9. The normalized spacial score (nSPS) is 27.2. The van der Waals surface area contributed by atoms with Gasteiger partial charge in [-0.2, -0.15) is 0 Å². The Bertz CT molecular complexity index is 353. The Balaban J connectivity index is 1.66. The number of carbonyl (C=O) groups excluding carboxylic acids is 1. The van der Waals surface area contributed by atoms with Crippen molar-refractivity contribution in [1.29, 1.82) is 0 Å². The zero-order valence-electron chi connectivity index (χ0n) is 12.8.